The van der Waals surface area contributed by atoms with E-state index in [9.17, 15) is 5.11 Å². The van der Waals surface area contributed by atoms with Gasteiger partial charge < -0.3 is 15.6 Å². The number of ether oxygens (including phenoxy) is 1. The molecule has 0 aromatic heterocycles. The lowest BCUT2D eigenvalue weighted by atomic mass is 10.1. The minimum atomic E-state index is -0.0780. The summed E-state index contributed by atoms with van der Waals surface area (Å²) in [5, 5.41) is 9.49. The highest BCUT2D eigenvalue weighted by molar-refractivity contribution is 9.10. The SMILES string of the molecule is COc1cc([C@@H](C)N)cc(Br)c1O.Cl. The Bertz CT molecular complexity index is 318. The lowest BCUT2D eigenvalue weighted by Gasteiger charge is -2.10. The minimum Gasteiger partial charge on any atom is -0.503 e. The van der Waals surface area contributed by atoms with Crippen LogP contribution < -0.4 is 10.5 Å². The zero-order valence-corrected chi connectivity index (χ0v) is 10.4. The fourth-order valence-corrected chi connectivity index (χ4v) is 1.47. The zero-order valence-electron chi connectivity index (χ0n) is 7.95. The minimum absolute atomic E-state index is 0. The van der Waals surface area contributed by atoms with Gasteiger partial charge in [0.2, 0.25) is 0 Å². The molecule has 0 amide bonds. The molecule has 0 saturated carbocycles. The first-order valence-corrected chi connectivity index (χ1v) is 4.67. The Kier molecular flexibility index (Phi) is 5.26. The first kappa shape index (κ1) is 13.6. The molecule has 3 nitrogen and oxygen atoms in total. The van der Waals surface area contributed by atoms with Crippen molar-refractivity contribution in [2.24, 2.45) is 5.73 Å². The molecule has 1 rings (SSSR count). The molecule has 0 aliphatic rings. The van der Waals surface area contributed by atoms with E-state index in [1.165, 1.54) is 7.11 Å². The zero-order chi connectivity index (χ0) is 10.0. The van der Waals surface area contributed by atoms with Gasteiger partial charge in [-0.2, -0.15) is 0 Å². The number of nitrogens with two attached hydrogens (primary N) is 1. The molecule has 1 aromatic rings. The van der Waals surface area contributed by atoms with Gasteiger partial charge in [-0.3, -0.25) is 0 Å². The molecule has 0 spiro atoms. The van der Waals surface area contributed by atoms with Crippen molar-refractivity contribution in [3.05, 3.63) is 22.2 Å². The highest BCUT2D eigenvalue weighted by Gasteiger charge is 2.10. The Morgan fingerprint density at radius 2 is 2.07 bits per heavy atom. The third-order valence-electron chi connectivity index (χ3n) is 1.80. The van der Waals surface area contributed by atoms with E-state index in [1.54, 1.807) is 12.1 Å². The van der Waals surface area contributed by atoms with Crippen LogP contribution in [-0.4, -0.2) is 12.2 Å². The molecular formula is C9H13BrClNO2. The smallest absolute Gasteiger partial charge is 0.172 e. The largest absolute Gasteiger partial charge is 0.503 e. The van der Waals surface area contributed by atoms with Crippen LogP contribution in [0.4, 0.5) is 0 Å². The van der Waals surface area contributed by atoms with Crippen LogP contribution in [-0.2, 0) is 0 Å². The Labute approximate surface area is 97.8 Å². The first-order chi connectivity index (χ1) is 6.06. The molecule has 0 bridgehead atoms. The molecule has 1 aromatic carbocycles. The molecule has 0 aliphatic carbocycles. The summed E-state index contributed by atoms with van der Waals surface area (Å²) in [6.45, 7) is 1.87. The quantitative estimate of drug-likeness (QED) is 0.876. The predicted octanol–water partition coefficient (Wildman–Crippen LogP) is 2.60. The van der Waals surface area contributed by atoms with Gasteiger partial charge >= 0.3 is 0 Å². The third kappa shape index (κ3) is 2.77. The average molecular weight is 283 g/mol. The monoisotopic (exact) mass is 281 g/mol. The van der Waals surface area contributed by atoms with E-state index in [4.69, 9.17) is 10.5 Å². The van der Waals surface area contributed by atoms with Gasteiger partial charge in [0.05, 0.1) is 11.6 Å². The van der Waals surface area contributed by atoms with E-state index < -0.39 is 0 Å². The van der Waals surface area contributed by atoms with Crippen LogP contribution in [0.2, 0.25) is 0 Å². The molecule has 0 aliphatic heterocycles. The number of hydrogen-bond acceptors (Lipinski definition) is 3. The fraction of sp³-hybridized carbons (Fsp3) is 0.333. The maximum absolute atomic E-state index is 9.49. The number of phenolic OH excluding ortho intramolecular Hbond substituents is 1. The second kappa shape index (κ2) is 5.44. The standard InChI is InChI=1S/C9H12BrNO2.ClH/c1-5(11)6-3-7(10)9(12)8(4-6)13-2;/h3-5,12H,11H2,1-2H3;1H/t5-;/m1./s1. The van der Waals surface area contributed by atoms with Gasteiger partial charge in [-0.15, -0.1) is 12.4 Å². The number of methoxy groups -OCH3 is 1. The fourth-order valence-electron chi connectivity index (χ4n) is 1.01. The van der Waals surface area contributed by atoms with Crippen molar-refractivity contribution >= 4 is 28.3 Å². The predicted molar refractivity (Wildman–Crippen MR) is 62.2 cm³/mol. The molecule has 14 heavy (non-hydrogen) atoms. The van der Waals surface area contributed by atoms with Gasteiger partial charge in [-0.05, 0) is 40.5 Å². The number of halogens is 2. The highest BCUT2D eigenvalue weighted by Crippen LogP contribution is 2.36. The van der Waals surface area contributed by atoms with Crippen LogP contribution in [0, 0.1) is 0 Å². The average Bonchev–Trinajstić information content (AvgIpc) is 2.09. The van der Waals surface area contributed by atoms with Gasteiger partial charge in [0, 0.05) is 6.04 Å². The summed E-state index contributed by atoms with van der Waals surface area (Å²) < 4.78 is 5.58. The number of hydrogen-bond donors (Lipinski definition) is 2. The Balaban J connectivity index is 0.00000169. The molecule has 0 heterocycles. The second-order valence-electron chi connectivity index (χ2n) is 2.84. The number of phenols is 1. The van der Waals surface area contributed by atoms with Gasteiger partial charge in [-0.1, -0.05) is 0 Å². The van der Waals surface area contributed by atoms with E-state index in [2.05, 4.69) is 15.9 Å². The Morgan fingerprint density at radius 3 is 2.50 bits per heavy atom. The summed E-state index contributed by atoms with van der Waals surface area (Å²) in [6.07, 6.45) is 0. The normalized spacial score (nSPS) is 11.7. The van der Waals surface area contributed by atoms with Crippen LogP contribution in [0.3, 0.4) is 0 Å². The van der Waals surface area contributed by atoms with Gasteiger partial charge in [0.15, 0.2) is 11.5 Å². The van der Waals surface area contributed by atoms with E-state index >= 15 is 0 Å². The topological polar surface area (TPSA) is 55.5 Å². The summed E-state index contributed by atoms with van der Waals surface area (Å²) >= 11 is 3.22. The van der Waals surface area contributed by atoms with E-state index in [1.807, 2.05) is 6.92 Å². The summed E-state index contributed by atoms with van der Waals surface area (Å²) in [5.41, 5.74) is 6.62. The summed E-state index contributed by atoms with van der Waals surface area (Å²) in [5.74, 6) is 0.536. The van der Waals surface area contributed by atoms with Gasteiger partial charge in [0.1, 0.15) is 0 Å². The van der Waals surface area contributed by atoms with Crippen LogP contribution in [0.1, 0.15) is 18.5 Å². The summed E-state index contributed by atoms with van der Waals surface area (Å²) in [4.78, 5) is 0. The summed E-state index contributed by atoms with van der Waals surface area (Å²) in [6, 6.07) is 3.43. The number of rotatable bonds is 2. The number of benzene rings is 1. The molecule has 0 fully saturated rings. The van der Waals surface area contributed by atoms with Crippen molar-refractivity contribution in [2.45, 2.75) is 13.0 Å². The molecule has 80 valence electrons. The summed E-state index contributed by atoms with van der Waals surface area (Å²) in [7, 11) is 1.51. The van der Waals surface area contributed by atoms with Crippen LogP contribution in [0.5, 0.6) is 11.5 Å². The van der Waals surface area contributed by atoms with E-state index in [0.717, 1.165) is 5.56 Å². The lowest BCUT2D eigenvalue weighted by molar-refractivity contribution is 0.371. The second-order valence-corrected chi connectivity index (χ2v) is 3.70. The van der Waals surface area contributed by atoms with Crippen LogP contribution in [0.15, 0.2) is 16.6 Å². The van der Waals surface area contributed by atoms with Crippen molar-refractivity contribution in [2.75, 3.05) is 7.11 Å². The molecule has 5 heteroatoms. The van der Waals surface area contributed by atoms with Crippen molar-refractivity contribution in [1.82, 2.24) is 0 Å². The maximum Gasteiger partial charge on any atom is 0.172 e. The molecular weight excluding hydrogens is 269 g/mol. The molecule has 0 unspecified atom stereocenters. The Morgan fingerprint density at radius 1 is 1.50 bits per heavy atom. The van der Waals surface area contributed by atoms with Crippen molar-refractivity contribution < 1.29 is 9.84 Å². The molecule has 0 saturated heterocycles. The third-order valence-corrected chi connectivity index (χ3v) is 2.40. The van der Waals surface area contributed by atoms with E-state index in [-0.39, 0.29) is 24.2 Å². The van der Waals surface area contributed by atoms with Crippen LogP contribution in [0.25, 0.3) is 0 Å². The van der Waals surface area contributed by atoms with Gasteiger partial charge in [-0.25, -0.2) is 0 Å². The Hall–Kier alpha value is -0.450. The number of aromatic hydroxyl groups is 1. The highest BCUT2D eigenvalue weighted by atomic mass is 79.9. The first-order valence-electron chi connectivity index (χ1n) is 3.88. The lowest BCUT2D eigenvalue weighted by Crippen LogP contribution is -2.05. The van der Waals surface area contributed by atoms with E-state index in [0.29, 0.717) is 10.2 Å². The maximum atomic E-state index is 9.49. The molecule has 1 atom stereocenters. The molecule has 3 N–H and O–H groups in total. The van der Waals surface area contributed by atoms with Crippen molar-refractivity contribution in [3.63, 3.8) is 0 Å². The van der Waals surface area contributed by atoms with Crippen molar-refractivity contribution in [1.29, 1.82) is 0 Å². The van der Waals surface area contributed by atoms with Gasteiger partial charge in [0.25, 0.3) is 0 Å². The van der Waals surface area contributed by atoms with Crippen LogP contribution >= 0.6 is 28.3 Å². The molecule has 0 radical (unpaired) electrons. The van der Waals surface area contributed by atoms with Crippen molar-refractivity contribution in [3.8, 4) is 11.5 Å².